The quantitative estimate of drug-likeness (QED) is 0.274. The third-order valence-electron chi connectivity index (χ3n) is 4.74. The molecular weight excluding hydrogens is 400 g/mol. The number of nitro benzene ring substituents is 1. The zero-order valence-electron chi connectivity index (χ0n) is 16.3. The number of fused-ring (bicyclic) bond motifs is 1. The zero-order chi connectivity index (χ0) is 22.0. The molecule has 0 bridgehead atoms. The highest BCUT2D eigenvalue weighted by Crippen LogP contribution is 2.33. The molecule has 31 heavy (non-hydrogen) atoms. The van der Waals surface area contributed by atoms with Gasteiger partial charge in [-0.05, 0) is 42.5 Å². The van der Waals surface area contributed by atoms with Crippen LogP contribution < -0.4 is 10.1 Å². The summed E-state index contributed by atoms with van der Waals surface area (Å²) in [6, 6.07) is 18.9. The molecule has 1 heterocycles. The van der Waals surface area contributed by atoms with Crippen LogP contribution in [0.3, 0.4) is 0 Å². The van der Waals surface area contributed by atoms with E-state index < -0.39 is 16.6 Å². The molecular formula is C23H16N2O6. The van der Waals surface area contributed by atoms with Crippen molar-refractivity contribution in [3.05, 3.63) is 99.8 Å². The number of rotatable bonds is 6. The predicted molar refractivity (Wildman–Crippen MR) is 114 cm³/mol. The number of carbonyl (C=O) groups is 2. The number of ether oxygens (including phenoxy) is 1. The minimum absolute atomic E-state index is 0.0710. The van der Waals surface area contributed by atoms with Crippen LogP contribution in [0, 0.1) is 10.1 Å². The van der Waals surface area contributed by atoms with Gasteiger partial charge < -0.3 is 14.5 Å². The van der Waals surface area contributed by atoms with Gasteiger partial charge in [0.2, 0.25) is 5.78 Å². The summed E-state index contributed by atoms with van der Waals surface area (Å²) in [6.07, 6.45) is 0. The largest absolute Gasteiger partial charge is 0.497 e. The summed E-state index contributed by atoms with van der Waals surface area (Å²) in [7, 11) is 1.52. The molecule has 0 saturated carbocycles. The highest BCUT2D eigenvalue weighted by atomic mass is 16.6. The number of para-hydroxylation sites is 2. The maximum atomic E-state index is 13.1. The zero-order valence-corrected chi connectivity index (χ0v) is 16.3. The Bertz CT molecular complexity index is 1310. The second-order valence-corrected chi connectivity index (χ2v) is 6.59. The van der Waals surface area contributed by atoms with Crippen LogP contribution in [-0.4, -0.2) is 23.7 Å². The number of amides is 1. The molecule has 4 rings (SSSR count). The van der Waals surface area contributed by atoms with Crippen molar-refractivity contribution in [3.8, 4) is 5.75 Å². The minimum Gasteiger partial charge on any atom is -0.497 e. The summed E-state index contributed by atoms with van der Waals surface area (Å²) in [6.45, 7) is 0. The number of furan rings is 1. The Morgan fingerprint density at radius 2 is 1.65 bits per heavy atom. The van der Waals surface area contributed by atoms with E-state index >= 15 is 0 Å². The second kappa shape index (κ2) is 8.11. The number of nitro groups is 1. The molecule has 1 amide bonds. The maximum Gasteiger partial charge on any atom is 0.282 e. The standard InChI is InChI=1S/C23H16N2O6/c1-30-15-12-10-14(11-13-15)21(26)22-20(17-7-3-5-9-19(17)31-22)24-23(27)16-6-2-4-8-18(16)25(28)29/h2-13H,1H3,(H,24,27). The van der Waals surface area contributed by atoms with Crippen molar-refractivity contribution < 1.29 is 23.7 Å². The maximum absolute atomic E-state index is 13.1. The Labute approximate surface area is 176 Å². The Morgan fingerprint density at radius 1 is 0.968 bits per heavy atom. The molecule has 1 N–H and O–H groups in total. The van der Waals surface area contributed by atoms with E-state index in [4.69, 9.17) is 9.15 Å². The fraction of sp³-hybridized carbons (Fsp3) is 0.0435. The molecule has 154 valence electrons. The molecule has 8 nitrogen and oxygen atoms in total. The van der Waals surface area contributed by atoms with Gasteiger partial charge >= 0.3 is 0 Å². The Balaban J connectivity index is 1.78. The monoisotopic (exact) mass is 416 g/mol. The van der Waals surface area contributed by atoms with Gasteiger partial charge in [0.15, 0.2) is 5.76 Å². The Hall–Kier alpha value is -4.46. The van der Waals surface area contributed by atoms with Crippen LogP contribution >= 0.6 is 0 Å². The van der Waals surface area contributed by atoms with E-state index in [9.17, 15) is 19.7 Å². The van der Waals surface area contributed by atoms with E-state index in [0.29, 0.717) is 22.3 Å². The van der Waals surface area contributed by atoms with Gasteiger partial charge in [-0.3, -0.25) is 19.7 Å². The Morgan fingerprint density at radius 3 is 2.35 bits per heavy atom. The number of hydrogen-bond donors (Lipinski definition) is 1. The van der Waals surface area contributed by atoms with Crippen LogP contribution in [0.4, 0.5) is 11.4 Å². The van der Waals surface area contributed by atoms with Gasteiger partial charge in [0.05, 0.1) is 17.7 Å². The van der Waals surface area contributed by atoms with Crippen molar-refractivity contribution >= 4 is 34.0 Å². The summed E-state index contributed by atoms with van der Waals surface area (Å²) in [5.41, 5.74) is 0.425. The molecule has 0 fully saturated rings. The fourth-order valence-electron chi connectivity index (χ4n) is 3.21. The molecule has 0 aliphatic carbocycles. The Kier molecular flexibility index (Phi) is 5.19. The summed E-state index contributed by atoms with van der Waals surface area (Å²) in [4.78, 5) is 36.7. The molecule has 0 atom stereocenters. The van der Waals surface area contributed by atoms with E-state index in [2.05, 4.69) is 5.32 Å². The van der Waals surface area contributed by atoms with Gasteiger partial charge in [0, 0.05) is 17.0 Å². The van der Waals surface area contributed by atoms with E-state index in [1.165, 1.54) is 31.4 Å². The molecule has 0 aliphatic heterocycles. The first-order valence-corrected chi connectivity index (χ1v) is 9.24. The smallest absolute Gasteiger partial charge is 0.282 e. The highest BCUT2D eigenvalue weighted by molar-refractivity contribution is 6.19. The van der Waals surface area contributed by atoms with E-state index in [1.54, 1.807) is 48.5 Å². The lowest BCUT2D eigenvalue weighted by Gasteiger charge is -2.07. The van der Waals surface area contributed by atoms with Crippen LogP contribution in [0.1, 0.15) is 26.5 Å². The minimum atomic E-state index is -0.720. The third kappa shape index (κ3) is 3.74. The lowest BCUT2D eigenvalue weighted by atomic mass is 10.1. The summed E-state index contributed by atoms with van der Waals surface area (Å²) < 4.78 is 10.9. The number of carbonyl (C=O) groups excluding carboxylic acids is 2. The van der Waals surface area contributed by atoms with Crippen molar-refractivity contribution in [1.29, 1.82) is 0 Å². The fourth-order valence-corrected chi connectivity index (χ4v) is 3.21. The first-order chi connectivity index (χ1) is 15.0. The first-order valence-electron chi connectivity index (χ1n) is 9.24. The lowest BCUT2D eigenvalue weighted by Crippen LogP contribution is -2.15. The van der Waals surface area contributed by atoms with Crippen LogP contribution in [0.5, 0.6) is 5.75 Å². The molecule has 8 heteroatoms. The molecule has 0 saturated heterocycles. The van der Waals surface area contributed by atoms with Crippen LogP contribution in [-0.2, 0) is 0 Å². The topological polar surface area (TPSA) is 112 Å². The average Bonchev–Trinajstić information content (AvgIpc) is 3.17. The predicted octanol–water partition coefficient (Wildman–Crippen LogP) is 4.83. The number of hydrogen-bond acceptors (Lipinski definition) is 6. The second-order valence-electron chi connectivity index (χ2n) is 6.59. The third-order valence-corrected chi connectivity index (χ3v) is 4.74. The number of ketones is 1. The van der Waals surface area contributed by atoms with E-state index in [-0.39, 0.29) is 22.7 Å². The number of nitrogens with one attached hydrogen (secondary N) is 1. The molecule has 0 unspecified atom stereocenters. The van der Waals surface area contributed by atoms with Crippen molar-refractivity contribution in [3.63, 3.8) is 0 Å². The molecule has 4 aromatic rings. The van der Waals surface area contributed by atoms with Crippen LogP contribution in [0.15, 0.2) is 77.2 Å². The van der Waals surface area contributed by atoms with Crippen molar-refractivity contribution in [1.82, 2.24) is 0 Å². The summed E-state index contributed by atoms with van der Waals surface area (Å²) in [5, 5.41) is 14.4. The number of nitrogens with zero attached hydrogens (tertiary/aromatic N) is 1. The van der Waals surface area contributed by atoms with Gasteiger partial charge in [0.25, 0.3) is 11.6 Å². The van der Waals surface area contributed by atoms with E-state index in [1.807, 2.05) is 0 Å². The van der Waals surface area contributed by atoms with Gasteiger partial charge in [-0.2, -0.15) is 0 Å². The van der Waals surface area contributed by atoms with Crippen LogP contribution in [0.2, 0.25) is 0 Å². The molecule has 0 spiro atoms. The van der Waals surface area contributed by atoms with Gasteiger partial charge in [-0.15, -0.1) is 0 Å². The van der Waals surface area contributed by atoms with Gasteiger partial charge in [-0.1, -0.05) is 24.3 Å². The molecule has 1 aromatic heterocycles. The van der Waals surface area contributed by atoms with Crippen LogP contribution in [0.25, 0.3) is 11.0 Å². The molecule has 0 aliphatic rings. The van der Waals surface area contributed by atoms with E-state index in [0.717, 1.165) is 0 Å². The van der Waals surface area contributed by atoms with Gasteiger partial charge in [-0.25, -0.2) is 0 Å². The lowest BCUT2D eigenvalue weighted by molar-refractivity contribution is -0.385. The van der Waals surface area contributed by atoms with Crippen molar-refractivity contribution in [2.75, 3.05) is 12.4 Å². The normalized spacial score (nSPS) is 10.6. The first kappa shape index (κ1) is 19.8. The SMILES string of the molecule is COc1ccc(C(=O)c2oc3ccccc3c2NC(=O)c2ccccc2[N+](=O)[O-])cc1. The molecule has 3 aromatic carbocycles. The number of methoxy groups -OCH3 is 1. The summed E-state index contributed by atoms with van der Waals surface area (Å²) in [5.74, 6) is -0.649. The molecule has 0 radical (unpaired) electrons. The van der Waals surface area contributed by atoms with Gasteiger partial charge in [0.1, 0.15) is 16.9 Å². The van der Waals surface area contributed by atoms with Crippen molar-refractivity contribution in [2.45, 2.75) is 0 Å². The number of anilines is 1. The van der Waals surface area contributed by atoms with Crippen molar-refractivity contribution in [2.24, 2.45) is 0 Å². The number of benzene rings is 3. The average molecular weight is 416 g/mol. The summed E-state index contributed by atoms with van der Waals surface area (Å²) >= 11 is 0. The highest BCUT2D eigenvalue weighted by Gasteiger charge is 2.26.